The molecule has 9 heavy (non-hydrogen) atoms. The maximum Gasteiger partial charge on any atom is 0.241 e. The Morgan fingerprint density at radius 2 is 2.33 bits per heavy atom. The third-order valence-corrected chi connectivity index (χ3v) is 0.751. The highest BCUT2D eigenvalue weighted by atomic mass is 16.1. The molecular weight excluding hydrogens is 118 g/mol. The molecule has 0 aromatic carbocycles. The number of aliphatic imine (C=N–C) groups is 1. The first-order valence-electron chi connectivity index (χ1n) is 2.64. The highest BCUT2D eigenvalue weighted by Crippen LogP contribution is 1.69. The molecule has 0 aliphatic carbocycles. The fraction of sp³-hybridized carbons (Fsp3) is 0.600. The van der Waals surface area contributed by atoms with Crippen molar-refractivity contribution in [3.8, 4) is 0 Å². The van der Waals surface area contributed by atoms with Gasteiger partial charge in [-0.2, -0.15) is 0 Å². The summed E-state index contributed by atoms with van der Waals surface area (Å²) in [5.74, 6) is 0.304. The summed E-state index contributed by atoms with van der Waals surface area (Å²) in [6, 6.07) is 0. The van der Waals surface area contributed by atoms with Crippen LogP contribution in [0.1, 0.15) is 6.92 Å². The number of carbonyl (C=O) groups is 1. The molecule has 0 heterocycles. The van der Waals surface area contributed by atoms with Crippen LogP contribution in [-0.2, 0) is 4.79 Å². The number of hydrogen-bond acceptors (Lipinski definition) is 2. The van der Waals surface area contributed by atoms with Gasteiger partial charge in [0.05, 0.1) is 5.84 Å². The van der Waals surface area contributed by atoms with E-state index in [0.717, 1.165) is 0 Å². The van der Waals surface area contributed by atoms with Gasteiger partial charge in [0.15, 0.2) is 0 Å². The number of nitrogens with one attached hydrogen (secondary N) is 1. The predicted octanol–water partition coefficient (Wildman–Crippen LogP) is -0.890. The second-order valence-electron chi connectivity index (χ2n) is 1.63. The lowest BCUT2D eigenvalue weighted by Crippen LogP contribution is -2.22. The lowest BCUT2D eigenvalue weighted by atomic mass is 10.6. The summed E-state index contributed by atoms with van der Waals surface area (Å²) in [4.78, 5) is 14.1. The minimum atomic E-state index is -0.125. The second-order valence-corrected chi connectivity index (χ2v) is 1.63. The summed E-state index contributed by atoms with van der Waals surface area (Å²) >= 11 is 0. The Morgan fingerprint density at radius 3 is 2.67 bits per heavy atom. The van der Waals surface area contributed by atoms with E-state index in [0.29, 0.717) is 5.84 Å². The monoisotopic (exact) mass is 129 g/mol. The normalized spacial score (nSPS) is 11.1. The summed E-state index contributed by atoms with van der Waals surface area (Å²) in [7, 11) is 1.56. The van der Waals surface area contributed by atoms with Crippen molar-refractivity contribution in [1.82, 2.24) is 5.32 Å². The smallest absolute Gasteiger partial charge is 0.241 e. The van der Waals surface area contributed by atoms with Gasteiger partial charge in [0.25, 0.3) is 0 Å². The summed E-state index contributed by atoms with van der Waals surface area (Å²) in [5, 5.41) is 2.42. The number of hydrogen-bond donors (Lipinski definition) is 2. The van der Waals surface area contributed by atoms with Gasteiger partial charge in [0.2, 0.25) is 5.91 Å². The minimum absolute atomic E-state index is 0.124. The van der Waals surface area contributed by atoms with E-state index in [1.54, 1.807) is 14.0 Å². The van der Waals surface area contributed by atoms with Crippen molar-refractivity contribution in [2.75, 3.05) is 13.6 Å². The Kier molecular flexibility index (Phi) is 3.43. The largest absolute Gasteiger partial charge is 0.388 e. The van der Waals surface area contributed by atoms with Gasteiger partial charge >= 0.3 is 0 Å². The standard InChI is InChI=1S/C5H11N3O/c1-4(6)8-3-5(9)7-2/h3H2,1-2H3,(H2,6,8)(H,7,9). The fourth-order valence-electron chi connectivity index (χ4n) is 0.276. The molecule has 0 saturated carbocycles. The third-order valence-electron chi connectivity index (χ3n) is 0.751. The number of nitrogens with zero attached hydrogens (tertiary/aromatic N) is 1. The maximum atomic E-state index is 10.4. The Labute approximate surface area is 54.1 Å². The van der Waals surface area contributed by atoms with E-state index >= 15 is 0 Å². The SMILES string of the molecule is CNC(=O)CN=C(C)N. The first-order valence-corrected chi connectivity index (χ1v) is 2.64. The van der Waals surface area contributed by atoms with Crippen LogP contribution in [0.2, 0.25) is 0 Å². The second kappa shape index (κ2) is 3.88. The number of likely N-dealkylation sites (N-methyl/N-ethyl adjacent to an activating group) is 1. The Hall–Kier alpha value is -1.06. The van der Waals surface area contributed by atoms with Crippen molar-refractivity contribution >= 4 is 11.7 Å². The number of amides is 1. The Balaban J connectivity index is 3.50. The molecule has 0 aromatic rings. The molecular formula is C5H11N3O. The van der Waals surface area contributed by atoms with Crippen LogP contribution in [0.5, 0.6) is 0 Å². The molecule has 0 aliphatic rings. The lowest BCUT2D eigenvalue weighted by molar-refractivity contribution is -0.119. The van der Waals surface area contributed by atoms with E-state index in [9.17, 15) is 4.79 Å². The quantitative estimate of drug-likeness (QED) is 0.375. The van der Waals surface area contributed by atoms with Crippen LogP contribution in [0.15, 0.2) is 4.99 Å². The molecule has 0 aromatic heterocycles. The van der Waals surface area contributed by atoms with Crippen LogP contribution in [-0.4, -0.2) is 25.3 Å². The number of carbonyl (C=O) groups excluding carboxylic acids is 1. The molecule has 4 heteroatoms. The number of amidine groups is 1. The first kappa shape index (κ1) is 7.94. The van der Waals surface area contributed by atoms with Crippen LogP contribution in [0.3, 0.4) is 0 Å². The zero-order valence-corrected chi connectivity index (χ0v) is 5.64. The van der Waals surface area contributed by atoms with E-state index in [-0.39, 0.29) is 12.5 Å². The highest BCUT2D eigenvalue weighted by molar-refractivity contribution is 5.83. The number of nitrogens with two attached hydrogens (primary N) is 1. The molecule has 3 N–H and O–H groups in total. The first-order chi connectivity index (χ1) is 4.16. The topological polar surface area (TPSA) is 67.5 Å². The molecule has 0 radical (unpaired) electrons. The molecule has 0 bridgehead atoms. The Bertz CT molecular complexity index is 126. The van der Waals surface area contributed by atoms with Crippen molar-refractivity contribution in [2.45, 2.75) is 6.92 Å². The average molecular weight is 129 g/mol. The molecule has 0 saturated heterocycles. The molecule has 0 rings (SSSR count). The molecule has 0 spiro atoms. The van der Waals surface area contributed by atoms with Gasteiger partial charge in [-0.05, 0) is 6.92 Å². The van der Waals surface area contributed by atoms with Crippen LogP contribution < -0.4 is 11.1 Å². The van der Waals surface area contributed by atoms with E-state index in [4.69, 9.17) is 5.73 Å². The molecule has 0 fully saturated rings. The molecule has 0 aliphatic heterocycles. The van der Waals surface area contributed by atoms with Crippen LogP contribution in [0.25, 0.3) is 0 Å². The van der Waals surface area contributed by atoms with Crippen LogP contribution >= 0.6 is 0 Å². The zero-order valence-electron chi connectivity index (χ0n) is 5.64. The van der Waals surface area contributed by atoms with Crippen LogP contribution in [0, 0.1) is 0 Å². The molecule has 0 atom stereocenters. The van der Waals surface area contributed by atoms with Gasteiger partial charge in [-0.15, -0.1) is 0 Å². The van der Waals surface area contributed by atoms with Gasteiger partial charge in [0, 0.05) is 7.05 Å². The highest BCUT2D eigenvalue weighted by Gasteiger charge is 1.91. The van der Waals surface area contributed by atoms with E-state index in [2.05, 4.69) is 10.3 Å². The number of rotatable bonds is 2. The van der Waals surface area contributed by atoms with Gasteiger partial charge in [-0.3, -0.25) is 9.79 Å². The van der Waals surface area contributed by atoms with Crippen molar-refractivity contribution in [2.24, 2.45) is 10.7 Å². The molecule has 52 valence electrons. The molecule has 4 nitrogen and oxygen atoms in total. The summed E-state index contributed by atoms with van der Waals surface area (Å²) in [5.41, 5.74) is 5.17. The average Bonchev–Trinajstić information content (AvgIpc) is 1.83. The summed E-state index contributed by atoms with van der Waals surface area (Å²) < 4.78 is 0. The van der Waals surface area contributed by atoms with E-state index in [1.807, 2.05) is 0 Å². The third kappa shape index (κ3) is 4.80. The van der Waals surface area contributed by atoms with Gasteiger partial charge < -0.3 is 11.1 Å². The molecule has 1 amide bonds. The minimum Gasteiger partial charge on any atom is -0.388 e. The van der Waals surface area contributed by atoms with Crippen molar-refractivity contribution in [3.63, 3.8) is 0 Å². The van der Waals surface area contributed by atoms with Crippen LogP contribution in [0.4, 0.5) is 0 Å². The van der Waals surface area contributed by atoms with Crippen molar-refractivity contribution in [3.05, 3.63) is 0 Å². The Morgan fingerprint density at radius 1 is 1.78 bits per heavy atom. The molecule has 0 unspecified atom stereocenters. The maximum absolute atomic E-state index is 10.4. The van der Waals surface area contributed by atoms with Crippen molar-refractivity contribution < 1.29 is 4.79 Å². The fourth-order valence-corrected chi connectivity index (χ4v) is 0.276. The summed E-state index contributed by atoms with van der Waals surface area (Å²) in [6.07, 6.45) is 0. The van der Waals surface area contributed by atoms with Gasteiger partial charge in [-0.25, -0.2) is 0 Å². The summed E-state index contributed by atoms with van der Waals surface area (Å²) in [6.45, 7) is 1.77. The van der Waals surface area contributed by atoms with Gasteiger partial charge in [-0.1, -0.05) is 0 Å². The van der Waals surface area contributed by atoms with E-state index < -0.39 is 0 Å². The van der Waals surface area contributed by atoms with E-state index in [1.165, 1.54) is 0 Å². The zero-order chi connectivity index (χ0) is 7.28. The lowest BCUT2D eigenvalue weighted by Gasteiger charge is -1.92. The van der Waals surface area contributed by atoms with Crippen molar-refractivity contribution in [1.29, 1.82) is 0 Å². The predicted molar refractivity (Wildman–Crippen MR) is 36.2 cm³/mol. The van der Waals surface area contributed by atoms with Gasteiger partial charge in [0.1, 0.15) is 6.54 Å².